The second-order valence-electron chi connectivity index (χ2n) is 3.13. The highest BCUT2D eigenvalue weighted by Gasteiger charge is 2.20. The fourth-order valence-corrected chi connectivity index (χ4v) is 1.21. The molecule has 80 valence electrons. The van der Waals surface area contributed by atoms with Crippen molar-refractivity contribution in [1.29, 1.82) is 0 Å². The molecule has 15 heavy (non-hydrogen) atoms. The number of hydrogen-bond donors (Lipinski definition) is 1. The van der Waals surface area contributed by atoms with Gasteiger partial charge in [0.05, 0.1) is 0 Å². The Hall–Kier alpha value is -1.84. The lowest BCUT2D eigenvalue weighted by Gasteiger charge is -2.12. The predicted octanol–water partition coefficient (Wildman–Crippen LogP) is 1.25. The third-order valence-corrected chi connectivity index (χ3v) is 1.85. The van der Waals surface area contributed by atoms with Crippen LogP contribution in [0.5, 0.6) is 0 Å². The van der Waals surface area contributed by atoms with Gasteiger partial charge in [0, 0.05) is 13.3 Å². The van der Waals surface area contributed by atoms with Crippen LogP contribution in [0.2, 0.25) is 0 Å². The van der Waals surface area contributed by atoms with Crippen LogP contribution in [0.3, 0.4) is 0 Å². The molecule has 0 bridgehead atoms. The van der Waals surface area contributed by atoms with Crippen LogP contribution < -0.4 is 0 Å². The summed E-state index contributed by atoms with van der Waals surface area (Å²) in [4.78, 5) is 21.4. The van der Waals surface area contributed by atoms with Gasteiger partial charge in [-0.2, -0.15) is 0 Å². The number of esters is 1. The molecular weight excluding hydrogens is 196 g/mol. The summed E-state index contributed by atoms with van der Waals surface area (Å²) < 4.78 is 4.68. The largest absolute Gasteiger partial charge is 0.478 e. The van der Waals surface area contributed by atoms with Crippen LogP contribution in [0.15, 0.2) is 30.3 Å². The lowest BCUT2D eigenvalue weighted by atomic mass is 10.1. The molecule has 0 saturated carbocycles. The van der Waals surface area contributed by atoms with Gasteiger partial charge in [-0.1, -0.05) is 30.3 Å². The third kappa shape index (κ3) is 3.81. The number of rotatable bonds is 4. The van der Waals surface area contributed by atoms with E-state index < -0.39 is 18.0 Å². The van der Waals surface area contributed by atoms with Crippen molar-refractivity contribution in [3.05, 3.63) is 35.9 Å². The molecule has 1 atom stereocenters. The van der Waals surface area contributed by atoms with Crippen molar-refractivity contribution in [2.45, 2.75) is 19.4 Å². The van der Waals surface area contributed by atoms with Crippen LogP contribution in [0.4, 0.5) is 0 Å². The first-order valence-electron chi connectivity index (χ1n) is 4.53. The Bertz CT molecular complexity index is 345. The lowest BCUT2D eigenvalue weighted by molar-refractivity contribution is -0.162. The lowest BCUT2D eigenvalue weighted by Crippen LogP contribution is -2.28. The number of carbonyl (C=O) groups excluding carboxylic acids is 1. The maximum absolute atomic E-state index is 10.8. The molecule has 0 aliphatic carbocycles. The van der Waals surface area contributed by atoms with Gasteiger partial charge in [-0.05, 0) is 5.56 Å². The standard InChI is InChI=1S/C11H12O4/c1-8(12)15-10(11(13)14)7-9-5-3-2-4-6-9/h2-6,10H,7H2,1H3,(H,13,14). The maximum Gasteiger partial charge on any atom is 0.345 e. The van der Waals surface area contributed by atoms with Crippen molar-refractivity contribution in [2.75, 3.05) is 0 Å². The smallest absolute Gasteiger partial charge is 0.345 e. The Balaban J connectivity index is 2.67. The second-order valence-corrected chi connectivity index (χ2v) is 3.13. The van der Waals surface area contributed by atoms with E-state index in [1.165, 1.54) is 6.92 Å². The Labute approximate surface area is 87.5 Å². The van der Waals surface area contributed by atoms with Gasteiger partial charge in [0.15, 0.2) is 0 Å². The number of carbonyl (C=O) groups is 2. The van der Waals surface area contributed by atoms with Gasteiger partial charge in [0.1, 0.15) is 0 Å². The molecule has 0 aliphatic heterocycles. The van der Waals surface area contributed by atoms with Gasteiger partial charge in [-0.3, -0.25) is 4.79 Å². The first kappa shape index (κ1) is 11.2. The Kier molecular flexibility index (Phi) is 3.85. The van der Waals surface area contributed by atoms with E-state index in [0.717, 1.165) is 5.56 Å². The number of carboxylic acid groups (broad SMARTS) is 1. The molecule has 1 aromatic carbocycles. The van der Waals surface area contributed by atoms with E-state index in [4.69, 9.17) is 5.11 Å². The fraction of sp³-hybridized carbons (Fsp3) is 0.273. The third-order valence-electron chi connectivity index (χ3n) is 1.85. The summed E-state index contributed by atoms with van der Waals surface area (Å²) in [7, 11) is 0. The number of hydrogen-bond acceptors (Lipinski definition) is 3. The summed E-state index contributed by atoms with van der Waals surface area (Å²) in [5, 5.41) is 8.81. The highest BCUT2D eigenvalue weighted by molar-refractivity contribution is 5.77. The van der Waals surface area contributed by atoms with E-state index in [0.29, 0.717) is 0 Å². The first-order valence-corrected chi connectivity index (χ1v) is 4.53. The van der Waals surface area contributed by atoms with Crippen molar-refractivity contribution in [3.8, 4) is 0 Å². The quantitative estimate of drug-likeness (QED) is 0.756. The Morgan fingerprint density at radius 1 is 1.33 bits per heavy atom. The van der Waals surface area contributed by atoms with Crippen LogP contribution in [0.25, 0.3) is 0 Å². The Morgan fingerprint density at radius 2 is 1.93 bits per heavy atom. The molecule has 0 heterocycles. The van der Waals surface area contributed by atoms with Gasteiger partial charge < -0.3 is 9.84 Å². The van der Waals surface area contributed by atoms with Crippen molar-refractivity contribution < 1.29 is 19.4 Å². The predicted molar refractivity (Wildman–Crippen MR) is 53.3 cm³/mol. The zero-order valence-electron chi connectivity index (χ0n) is 8.34. The second kappa shape index (κ2) is 5.14. The van der Waals surface area contributed by atoms with Crippen LogP contribution in [0.1, 0.15) is 12.5 Å². The van der Waals surface area contributed by atoms with E-state index in [9.17, 15) is 9.59 Å². The highest BCUT2D eigenvalue weighted by atomic mass is 16.6. The zero-order chi connectivity index (χ0) is 11.3. The minimum Gasteiger partial charge on any atom is -0.478 e. The molecule has 0 aliphatic rings. The fourth-order valence-electron chi connectivity index (χ4n) is 1.21. The molecule has 0 fully saturated rings. The summed E-state index contributed by atoms with van der Waals surface area (Å²) in [5.74, 6) is -1.72. The van der Waals surface area contributed by atoms with Gasteiger partial charge >= 0.3 is 11.9 Å². The van der Waals surface area contributed by atoms with Crippen LogP contribution in [-0.2, 0) is 20.7 Å². The highest BCUT2D eigenvalue weighted by Crippen LogP contribution is 2.06. The van der Waals surface area contributed by atoms with Crippen LogP contribution in [0, 0.1) is 0 Å². The average molecular weight is 208 g/mol. The van der Waals surface area contributed by atoms with E-state index >= 15 is 0 Å². The average Bonchev–Trinajstić information content (AvgIpc) is 2.17. The van der Waals surface area contributed by atoms with E-state index in [-0.39, 0.29) is 6.42 Å². The zero-order valence-corrected chi connectivity index (χ0v) is 8.34. The van der Waals surface area contributed by atoms with Crippen molar-refractivity contribution in [3.63, 3.8) is 0 Å². The molecule has 4 nitrogen and oxygen atoms in total. The molecule has 0 saturated heterocycles. The van der Waals surface area contributed by atoms with Crippen LogP contribution >= 0.6 is 0 Å². The van der Waals surface area contributed by atoms with Gasteiger partial charge in [0.25, 0.3) is 0 Å². The number of benzene rings is 1. The molecule has 1 unspecified atom stereocenters. The minimum absolute atomic E-state index is 0.190. The van der Waals surface area contributed by atoms with E-state index in [2.05, 4.69) is 4.74 Å². The van der Waals surface area contributed by atoms with Crippen LogP contribution in [-0.4, -0.2) is 23.1 Å². The van der Waals surface area contributed by atoms with Crippen molar-refractivity contribution in [2.24, 2.45) is 0 Å². The van der Waals surface area contributed by atoms with Crippen molar-refractivity contribution in [1.82, 2.24) is 0 Å². The molecule has 1 N–H and O–H groups in total. The van der Waals surface area contributed by atoms with E-state index in [1.807, 2.05) is 18.2 Å². The van der Waals surface area contributed by atoms with Gasteiger partial charge in [-0.25, -0.2) is 4.79 Å². The monoisotopic (exact) mass is 208 g/mol. The summed E-state index contributed by atoms with van der Waals surface area (Å²) in [6.07, 6.45) is -0.916. The number of aliphatic carboxylic acids is 1. The molecule has 1 aromatic rings. The first-order chi connectivity index (χ1) is 7.09. The molecule has 1 rings (SSSR count). The Morgan fingerprint density at radius 3 is 2.40 bits per heavy atom. The summed E-state index contributed by atoms with van der Waals surface area (Å²) >= 11 is 0. The molecule has 0 radical (unpaired) electrons. The van der Waals surface area contributed by atoms with E-state index in [1.54, 1.807) is 12.1 Å². The summed E-state index contributed by atoms with van der Waals surface area (Å²) in [6.45, 7) is 1.20. The normalized spacial score (nSPS) is 11.8. The SMILES string of the molecule is CC(=O)OC(Cc1ccccc1)C(=O)O. The number of carboxylic acids is 1. The number of ether oxygens (including phenoxy) is 1. The van der Waals surface area contributed by atoms with Crippen molar-refractivity contribution >= 4 is 11.9 Å². The molecule has 4 heteroatoms. The topological polar surface area (TPSA) is 63.6 Å². The summed E-state index contributed by atoms with van der Waals surface area (Å²) in [5.41, 5.74) is 0.825. The summed E-state index contributed by atoms with van der Waals surface area (Å²) in [6, 6.07) is 9.04. The van der Waals surface area contributed by atoms with Gasteiger partial charge in [-0.15, -0.1) is 0 Å². The molecule has 0 aromatic heterocycles. The minimum atomic E-state index is -1.13. The molecule has 0 amide bonds. The molecule has 0 spiro atoms. The maximum atomic E-state index is 10.8. The van der Waals surface area contributed by atoms with Gasteiger partial charge in [0.2, 0.25) is 6.10 Å². The molecular formula is C11H12O4.